The summed E-state index contributed by atoms with van der Waals surface area (Å²) in [4.78, 5) is 25.6. The van der Waals surface area contributed by atoms with Crippen LogP contribution >= 0.6 is 0 Å². The van der Waals surface area contributed by atoms with Gasteiger partial charge >= 0.3 is 0 Å². The van der Waals surface area contributed by atoms with Crippen LogP contribution in [-0.2, 0) is 4.79 Å². The summed E-state index contributed by atoms with van der Waals surface area (Å²) in [5, 5.41) is 0. The van der Waals surface area contributed by atoms with Crippen LogP contribution in [0.2, 0.25) is 0 Å². The van der Waals surface area contributed by atoms with Crippen molar-refractivity contribution < 1.29 is 4.79 Å². The third-order valence-corrected chi connectivity index (χ3v) is 4.75. The first-order chi connectivity index (χ1) is 10.5. The van der Waals surface area contributed by atoms with Crippen LogP contribution in [0.25, 0.3) is 0 Å². The molecule has 2 fully saturated rings. The van der Waals surface area contributed by atoms with Gasteiger partial charge in [0.25, 0.3) is 0 Å². The molecule has 0 spiro atoms. The Morgan fingerprint density at radius 2 is 1.91 bits per heavy atom. The second-order valence-corrected chi connectivity index (χ2v) is 6.43. The van der Waals surface area contributed by atoms with Crippen molar-refractivity contribution in [3.8, 4) is 0 Å². The molecule has 1 saturated heterocycles. The number of piperazine rings is 1. The zero-order valence-corrected chi connectivity index (χ0v) is 13.5. The highest BCUT2D eigenvalue weighted by Gasteiger charge is 2.34. The molecule has 0 bridgehead atoms. The summed E-state index contributed by atoms with van der Waals surface area (Å²) >= 11 is 0. The fourth-order valence-corrected chi connectivity index (χ4v) is 3.55. The Hall–Kier alpha value is -1.69. The molecule has 1 aliphatic heterocycles. The highest BCUT2D eigenvalue weighted by molar-refractivity contribution is 5.80. The van der Waals surface area contributed by atoms with Crippen molar-refractivity contribution in [1.29, 1.82) is 0 Å². The minimum Gasteiger partial charge on any atom is -0.353 e. The average molecular weight is 303 g/mol. The van der Waals surface area contributed by atoms with Gasteiger partial charge in [-0.1, -0.05) is 6.42 Å². The predicted molar refractivity (Wildman–Crippen MR) is 85.6 cm³/mol. The number of hydrogen-bond acceptors (Lipinski definition) is 5. The van der Waals surface area contributed by atoms with E-state index in [9.17, 15) is 4.79 Å². The first-order valence-electron chi connectivity index (χ1n) is 8.16. The van der Waals surface area contributed by atoms with Gasteiger partial charge in [-0.15, -0.1) is 0 Å². The van der Waals surface area contributed by atoms with Gasteiger partial charge in [-0.3, -0.25) is 4.79 Å². The number of nitrogens with two attached hydrogens (primary N) is 1. The molecule has 1 amide bonds. The molecule has 6 heteroatoms. The van der Waals surface area contributed by atoms with Crippen LogP contribution in [0.4, 0.5) is 5.82 Å². The molecule has 1 aromatic heterocycles. The summed E-state index contributed by atoms with van der Waals surface area (Å²) in [6.45, 7) is 7.05. The summed E-state index contributed by atoms with van der Waals surface area (Å²) in [5.41, 5.74) is 7.05. The molecule has 0 radical (unpaired) electrons. The topological polar surface area (TPSA) is 75.3 Å². The van der Waals surface area contributed by atoms with E-state index < -0.39 is 0 Å². The number of aryl methyl sites for hydroxylation is 2. The Labute approximate surface area is 131 Å². The smallest absolute Gasteiger partial charge is 0.227 e. The van der Waals surface area contributed by atoms with Crippen LogP contribution in [0, 0.1) is 19.8 Å². The fourth-order valence-electron chi connectivity index (χ4n) is 3.55. The van der Waals surface area contributed by atoms with Gasteiger partial charge in [-0.2, -0.15) is 0 Å². The molecule has 2 atom stereocenters. The number of aromatic nitrogens is 2. The third-order valence-electron chi connectivity index (χ3n) is 4.75. The molecule has 2 unspecified atom stereocenters. The van der Waals surface area contributed by atoms with E-state index in [0.717, 1.165) is 62.8 Å². The van der Waals surface area contributed by atoms with Gasteiger partial charge < -0.3 is 15.5 Å². The zero-order valence-electron chi connectivity index (χ0n) is 13.5. The number of rotatable bonds is 2. The third kappa shape index (κ3) is 3.06. The average Bonchev–Trinajstić information content (AvgIpc) is 2.92. The van der Waals surface area contributed by atoms with Gasteiger partial charge in [-0.05, 0) is 26.7 Å². The minimum absolute atomic E-state index is 0.0371. The van der Waals surface area contributed by atoms with Crippen molar-refractivity contribution in [3.05, 3.63) is 17.6 Å². The van der Waals surface area contributed by atoms with Gasteiger partial charge in [0.1, 0.15) is 11.6 Å². The van der Waals surface area contributed by atoms with Crippen molar-refractivity contribution in [2.45, 2.75) is 39.2 Å². The Balaban J connectivity index is 1.61. The Kier molecular flexibility index (Phi) is 4.29. The molecule has 6 nitrogen and oxygen atoms in total. The summed E-state index contributed by atoms with van der Waals surface area (Å²) < 4.78 is 0. The molecule has 1 aliphatic carbocycles. The van der Waals surface area contributed by atoms with E-state index in [4.69, 9.17) is 5.73 Å². The van der Waals surface area contributed by atoms with Crippen LogP contribution in [0.5, 0.6) is 0 Å². The lowest BCUT2D eigenvalue weighted by Gasteiger charge is -2.37. The van der Waals surface area contributed by atoms with Crippen molar-refractivity contribution >= 4 is 11.7 Å². The summed E-state index contributed by atoms with van der Waals surface area (Å²) in [5.74, 6) is 2.05. The number of hydrogen-bond donors (Lipinski definition) is 1. The lowest BCUT2D eigenvalue weighted by atomic mass is 10.0. The molecular weight excluding hydrogens is 278 g/mol. The maximum Gasteiger partial charge on any atom is 0.227 e. The molecule has 0 aromatic carbocycles. The standard InChI is InChI=1S/C16H25N5O/c1-11-10-15(19-12(2)18-11)20-6-8-21(9-7-20)16(22)13-4-3-5-14(13)17/h10,13-14H,3-9,17H2,1-2H3. The van der Waals surface area contributed by atoms with E-state index >= 15 is 0 Å². The van der Waals surface area contributed by atoms with Crippen LogP contribution < -0.4 is 10.6 Å². The Morgan fingerprint density at radius 1 is 1.18 bits per heavy atom. The maximum absolute atomic E-state index is 12.6. The van der Waals surface area contributed by atoms with E-state index in [1.165, 1.54) is 0 Å². The fraction of sp³-hybridized carbons (Fsp3) is 0.688. The van der Waals surface area contributed by atoms with Gasteiger partial charge in [-0.25, -0.2) is 9.97 Å². The Morgan fingerprint density at radius 3 is 2.50 bits per heavy atom. The van der Waals surface area contributed by atoms with E-state index in [0.29, 0.717) is 0 Å². The lowest BCUT2D eigenvalue weighted by Crippen LogP contribution is -2.52. The molecule has 1 aromatic rings. The van der Waals surface area contributed by atoms with E-state index in [-0.39, 0.29) is 17.9 Å². The summed E-state index contributed by atoms with van der Waals surface area (Å²) in [6, 6.07) is 2.06. The molecule has 22 heavy (non-hydrogen) atoms. The Bertz CT molecular complexity index is 533. The highest BCUT2D eigenvalue weighted by Crippen LogP contribution is 2.26. The maximum atomic E-state index is 12.6. The number of nitrogens with zero attached hydrogens (tertiary/aromatic N) is 4. The molecule has 3 rings (SSSR count). The van der Waals surface area contributed by atoms with Crippen LogP contribution in [0.1, 0.15) is 30.8 Å². The van der Waals surface area contributed by atoms with Crippen molar-refractivity contribution in [2.24, 2.45) is 11.7 Å². The number of anilines is 1. The second-order valence-electron chi connectivity index (χ2n) is 6.43. The molecule has 1 saturated carbocycles. The van der Waals surface area contributed by atoms with E-state index in [1.807, 2.05) is 24.8 Å². The van der Waals surface area contributed by atoms with Gasteiger partial charge in [0.2, 0.25) is 5.91 Å². The van der Waals surface area contributed by atoms with Gasteiger partial charge in [0.05, 0.1) is 5.92 Å². The second kappa shape index (κ2) is 6.20. The summed E-state index contributed by atoms with van der Waals surface area (Å²) in [6.07, 6.45) is 3.01. The molecule has 120 valence electrons. The van der Waals surface area contributed by atoms with E-state index in [1.54, 1.807) is 0 Å². The molecule has 2 aliphatic rings. The first kappa shape index (κ1) is 15.2. The van der Waals surface area contributed by atoms with Gasteiger partial charge in [0.15, 0.2) is 0 Å². The van der Waals surface area contributed by atoms with Crippen molar-refractivity contribution in [3.63, 3.8) is 0 Å². The van der Waals surface area contributed by atoms with E-state index in [2.05, 4.69) is 14.9 Å². The SMILES string of the molecule is Cc1cc(N2CCN(C(=O)C3CCCC3N)CC2)nc(C)n1. The normalized spacial score (nSPS) is 25.6. The van der Waals surface area contributed by atoms with Gasteiger partial charge in [0, 0.05) is 44.0 Å². The number of amides is 1. The molecule has 2 N–H and O–H groups in total. The minimum atomic E-state index is 0.0371. The monoisotopic (exact) mass is 303 g/mol. The predicted octanol–water partition coefficient (Wildman–Crippen LogP) is 0.869. The summed E-state index contributed by atoms with van der Waals surface area (Å²) in [7, 11) is 0. The number of carbonyl (C=O) groups is 1. The zero-order chi connectivity index (χ0) is 15.7. The first-order valence-corrected chi connectivity index (χ1v) is 8.16. The van der Waals surface area contributed by atoms with Crippen LogP contribution in [0.3, 0.4) is 0 Å². The highest BCUT2D eigenvalue weighted by atomic mass is 16.2. The van der Waals surface area contributed by atoms with Crippen molar-refractivity contribution in [1.82, 2.24) is 14.9 Å². The van der Waals surface area contributed by atoms with Crippen LogP contribution in [0.15, 0.2) is 6.07 Å². The molecular formula is C16H25N5O. The van der Waals surface area contributed by atoms with Crippen molar-refractivity contribution in [2.75, 3.05) is 31.1 Å². The quantitative estimate of drug-likeness (QED) is 0.877. The molecule has 2 heterocycles. The van der Waals surface area contributed by atoms with Crippen LogP contribution in [-0.4, -0.2) is 53.0 Å². The number of carbonyl (C=O) groups excluding carboxylic acids is 1. The largest absolute Gasteiger partial charge is 0.353 e. The lowest BCUT2D eigenvalue weighted by molar-refractivity contribution is -0.136.